The maximum atomic E-state index is 12.3. The quantitative estimate of drug-likeness (QED) is 0.645. The molecular formula is C20H18ClNO2S. The average Bonchev–Trinajstić information content (AvgIpc) is 3.09. The van der Waals surface area contributed by atoms with Crippen molar-refractivity contribution >= 4 is 28.8 Å². The largest absolute Gasteiger partial charge is 0.489 e. The molecule has 0 aliphatic rings. The van der Waals surface area contributed by atoms with Crippen molar-refractivity contribution in [1.29, 1.82) is 0 Å². The van der Waals surface area contributed by atoms with Gasteiger partial charge in [0.2, 0.25) is 0 Å². The van der Waals surface area contributed by atoms with Gasteiger partial charge in [-0.2, -0.15) is 0 Å². The fourth-order valence-electron chi connectivity index (χ4n) is 2.35. The van der Waals surface area contributed by atoms with E-state index in [1.807, 2.05) is 66.9 Å². The SMILES string of the molecule is Cc1ccccc1OCc1csc(C(=O)NCc2ccccc2Cl)c1. The van der Waals surface area contributed by atoms with Gasteiger partial charge in [0.1, 0.15) is 12.4 Å². The topological polar surface area (TPSA) is 38.3 Å². The smallest absolute Gasteiger partial charge is 0.261 e. The molecule has 0 aliphatic heterocycles. The van der Waals surface area contributed by atoms with Gasteiger partial charge in [-0.05, 0) is 41.6 Å². The summed E-state index contributed by atoms with van der Waals surface area (Å²) in [4.78, 5) is 12.9. The lowest BCUT2D eigenvalue weighted by Crippen LogP contribution is -2.21. The summed E-state index contributed by atoms with van der Waals surface area (Å²) in [5.41, 5.74) is 2.98. The maximum Gasteiger partial charge on any atom is 0.261 e. The molecule has 1 heterocycles. The Kier molecular flexibility index (Phi) is 5.74. The molecular weight excluding hydrogens is 354 g/mol. The molecule has 3 aromatic rings. The predicted octanol–water partition coefficient (Wildman–Crippen LogP) is 5.22. The first-order chi connectivity index (χ1) is 12.1. The van der Waals surface area contributed by atoms with E-state index in [9.17, 15) is 4.79 Å². The zero-order chi connectivity index (χ0) is 17.6. The van der Waals surface area contributed by atoms with Crippen LogP contribution in [0.3, 0.4) is 0 Å². The zero-order valence-corrected chi connectivity index (χ0v) is 15.4. The number of hydrogen-bond acceptors (Lipinski definition) is 3. The van der Waals surface area contributed by atoms with Crippen LogP contribution < -0.4 is 10.1 Å². The molecule has 0 bridgehead atoms. The van der Waals surface area contributed by atoms with Crippen LogP contribution in [-0.4, -0.2) is 5.91 Å². The first kappa shape index (κ1) is 17.5. The van der Waals surface area contributed by atoms with Gasteiger partial charge in [0.05, 0.1) is 4.88 Å². The minimum atomic E-state index is -0.105. The number of rotatable bonds is 6. The summed E-state index contributed by atoms with van der Waals surface area (Å²) in [5.74, 6) is 0.755. The summed E-state index contributed by atoms with van der Waals surface area (Å²) in [5, 5.41) is 5.50. The van der Waals surface area contributed by atoms with Gasteiger partial charge in [0, 0.05) is 17.1 Å². The Morgan fingerprint density at radius 3 is 2.72 bits per heavy atom. The molecule has 0 saturated carbocycles. The summed E-state index contributed by atoms with van der Waals surface area (Å²) in [6.07, 6.45) is 0. The molecule has 1 amide bonds. The molecule has 0 radical (unpaired) electrons. The summed E-state index contributed by atoms with van der Waals surface area (Å²) >= 11 is 7.52. The average molecular weight is 372 g/mol. The molecule has 128 valence electrons. The second-order valence-corrected chi connectivity index (χ2v) is 6.97. The number of ether oxygens (including phenoxy) is 1. The highest BCUT2D eigenvalue weighted by molar-refractivity contribution is 7.12. The predicted molar refractivity (Wildman–Crippen MR) is 102 cm³/mol. The van der Waals surface area contributed by atoms with Crippen LogP contribution in [0.15, 0.2) is 60.0 Å². The third-order valence-corrected chi connectivity index (χ3v) is 5.11. The molecule has 3 nitrogen and oxygen atoms in total. The number of carbonyl (C=O) groups excluding carboxylic acids is 1. The monoisotopic (exact) mass is 371 g/mol. The van der Waals surface area contributed by atoms with Crippen LogP contribution in [-0.2, 0) is 13.2 Å². The molecule has 0 spiro atoms. The van der Waals surface area contributed by atoms with Gasteiger partial charge in [-0.25, -0.2) is 0 Å². The maximum absolute atomic E-state index is 12.3. The molecule has 0 unspecified atom stereocenters. The van der Waals surface area contributed by atoms with Gasteiger partial charge in [0.25, 0.3) is 5.91 Å². The first-order valence-corrected chi connectivity index (χ1v) is 9.16. The van der Waals surface area contributed by atoms with Crippen LogP contribution in [0, 0.1) is 6.92 Å². The lowest BCUT2D eigenvalue weighted by atomic mass is 10.2. The third kappa shape index (κ3) is 4.62. The summed E-state index contributed by atoms with van der Waals surface area (Å²) in [7, 11) is 0. The van der Waals surface area contributed by atoms with Crippen molar-refractivity contribution in [2.75, 3.05) is 0 Å². The van der Waals surface area contributed by atoms with E-state index in [0.29, 0.717) is 23.1 Å². The fraction of sp³-hybridized carbons (Fsp3) is 0.150. The van der Waals surface area contributed by atoms with E-state index in [1.54, 1.807) is 0 Å². The summed E-state index contributed by atoms with van der Waals surface area (Å²) in [6, 6.07) is 17.2. The number of halogens is 1. The second kappa shape index (κ2) is 8.19. The van der Waals surface area contributed by atoms with Gasteiger partial charge in [0.15, 0.2) is 0 Å². The van der Waals surface area contributed by atoms with Gasteiger partial charge >= 0.3 is 0 Å². The molecule has 5 heteroatoms. The standard InChI is InChI=1S/C20H18ClNO2S/c1-14-6-2-5-9-18(14)24-12-15-10-19(25-13-15)20(23)22-11-16-7-3-4-8-17(16)21/h2-10,13H,11-12H2,1H3,(H,22,23). The van der Waals surface area contributed by atoms with E-state index in [2.05, 4.69) is 5.32 Å². The van der Waals surface area contributed by atoms with Crippen LogP contribution in [0.1, 0.15) is 26.4 Å². The van der Waals surface area contributed by atoms with Crippen LogP contribution in [0.25, 0.3) is 0 Å². The number of thiophene rings is 1. The molecule has 1 N–H and O–H groups in total. The Balaban J connectivity index is 1.56. The Hall–Kier alpha value is -2.30. The summed E-state index contributed by atoms with van der Waals surface area (Å²) in [6.45, 7) is 2.86. The molecule has 3 rings (SSSR count). The Bertz CT molecular complexity index is 875. The molecule has 25 heavy (non-hydrogen) atoms. The highest BCUT2D eigenvalue weighted by Gasteiger charge is 2.10. The van der Waals surface area contributed by atoms with Gasteiger partial charge in [-0.1, -0.05) is 48.0 Å². The number of hydrogen-bond donors (Lipinski definition) is 1. The van der Waals surface area contributed by atoms with Crippen LogP contribution in [0.5, 0.6) is 5.75 Å². The Morgan fingerprint density at radius 2 is 1.92 bits per heavy atom. The van der Waals surface area contributed by atoms with E-state index >= 15 is 0 Å². The van der Waals surface area contributed by atoms with Crippen molar-refractivity contribution in [3.8, 4) is 5.75 Å². The number of para-hydroxylation sites is 1. The lowest BCUT2D eigenvalue weighted by Gasteiger charge is -2.07. The lowest BCUT2D eigenvalue weighted by molar-refractivity contribution is 0.0955. The molecule has 2 aromatic carbocycles. The van der Waals surface area contributed by atoms with Crippen molar-refractivity contribution < 1.29 is 9.53 Å². The zero-order valence-electron chi connectivity index (χ0n) is 13.8. The highest BCUT2D eigenvalue weighted by Crippen LogP contribution is 2.21. The van der Waals surface area contributed by atoms with Crippen molar-refractivity contribution in [2.45, 2.75) is 20.1 Å². The van der Waals surface area contributed by atoms with Gasteiger partial charge < -0.3 is 10.1 Å². The van der Waals surface area contributed by atoms with Crippen molar-refractivity contribution in [3.05, 3.63) is 86.6 Å². The normalized spacial score (nSPS) is 10.5. The van der Waals surface area contributed by atoms with Gasteiger partial charge in [-0.15, -0.1) is 11.3 Å². The molecule has 0 atom stereocenters. The molecule has 0 aliphatic carbocycles. The van der Waals surface area contributed by atoms with E-state index in [-0.39, 0.29) is 5.91 Å². The number of aryl methyl sites for hydroxylation is 1. The van der Waals surface area contributed by atoms with Crippen molar-refractivity contribution in [3.63, 3.8) is 0 Å². The second-order valence-electron chi connectivity index (χ2n) is 5.65. The number of nitrogens with one attached hydrogen (secondary N) is 1. The van der Waals surface area contributed by atoms with Gasteiger partial charge in [-0.3, -0.25) is 4.79 Å². The Morgan fingerprint density at radius 1 is 1.16 bits per heavy atom. The van der Waals surface area contributed by atoms with Crippen molar-refractivity contribution in [1.82, 2.24) is 5.32 Å². The van der Waals surface area contributed by atoms with Crippen LogP contribution in [0.2, 0.25) is 5.02 Å². The minimum Gasteiger partial charge on any atom is -0.489 e. The number of benzene rings is 2. The first-order valence-electron chi connectivity index (χ1n) is 7.91. The molecule has 0 fully saturated rings. The fourth-order valence-corrected chi connectivity index (χ4v) is 3.37. The third-order valence-electron chi connectivity index (χ3n) is 3.76. The molecule has 1 aromatic heterocycles. The highest BCUT2D eigenvalue weighted by atomic mass is 35.5. The van der Waals surface area contributed by atoms with Crippen LogP contribution in [0.4, 0.5) is 0 Å². The Labute approximate surface area is 156 Å². The number of carbonyl (C=O) groups is 1. The minimum absolute atomic E-state index is 0.105. The van der Waals surface area contributed by atoms with Crippen molar-refractivity contribution in [2.24, 2.45) is 0 Å². The van der Waals surface area contributed by atoms with E-state index in [4.69, 9.17) is 16.3 Å². The van der Waals surface area contributed by atoms with E-state index in [0.717, 1.165) is 22.4 Å². The molecule has 0 saturated heterocycles. The van der Waals surface area contributed by atoms with Crippen LogP contribution >= 0.6 is 22.9 Å². The van der Waals surface area contributed by atoms with E-state index < -0.39 is 0 Å². The van der Waals surface area contributed by atoms with E-state index in [1.165, 1.54) is 11.3 Å². The number of amides is 1. The summed E-state index contributed by atoms with van der Waals surface area (Å²) < 4.78 is 5.82.